The van der Waals surface area contributed by atoms with E-state index in [1.165, 1.54) is 35.0 Å². The van der Waals surface area contributed by atoms with Gasteiger partial charge in [0.15, 0.2) is 0 Å². The molecule has 3 nitrogen and oxygen atoms in total. The van der Waals surface area contributed by atoms with Crippen molar-refractivity contribution in [3.8, 4) is 5.75 Å². The normalized spacial score (nSPS) is 18.3. The van der Waals surface area contributed by atoms with Crippen molar-refractivity contribution in [2.75, 3.05) is 20.7 Å². The van der Waals surface area contributed by atoms with Crippen LogP contribution >= 0.6 is 0 Å². The fraction of sp³-hybridized carbons (Fsp3) is 0.467. The molecule has 0 fully saturated rings. The predicted molar refractivity (Wildman–Crippen MR) is 74.3 cm³/mol. The first-order valence-corrected chi connectivity index (χ1v) is 6.53. The molecule has 0 bridgehead atoms. The van der Waals surface area contributed by atoms with Crippen molar-refractivity contribution in [1.29, 1.82) is 0 Å². The fourth-order valence-electron chi connectivity index (χ4n) is 3.23. The summed E-state index contributed by atoms with van der Waals surface area (Å²) in [6.07, 6.45) is 2.37. The van der Waals surface area contributed by atoms with Gasteiger partial charge in [0.25, 0.3) is 0 Å². The van der Waals surface area contributed by atoms with E-state index in [9.17, 15) is 0 Å². The van der Waals surface area contributed by atoms with Crippen LogP contribution in [0.3, 0.4) is 0 Å². The van der Waals surface area contributed by atoms with E-state index in [0.29, 0.717) is 0 Å². The Morgan fingerprint density at radius 3 is 2.94 bits per heavy atom. The van der Waals surface area contributed by atoms with Crippen LogP contribution in [0.25, 0.3) is 10.9 Å². The minimum absolute atomic E-state index is 0.738. The van der Waals surface area contributed by atoms with Crippen LogP contribution in [-0.2, 0) is 19.9 Å². The lowest BCUT2D eigenvalue weighted by Crippen LogP contribution is -2.19. The Morgan fingerprint density at radius 1 is 1.39 bits per heavy atom. The molecule has 1 aromatic carbocycles. The number of fused-ring (bicyclic) bond motifs is 3. The average molecular weight is 244 g/mol. The van der Waals surface area contributed by atoms with Crippen LogP contribution in [0.4, 0.5) is 0 Å². The number of nitrogens with zero attached hydrogens (tertiary/aromatic N) is 1. The molecule has 1 atom stereocenters. The molecule has 0 aliphatic heterocycles. The van der Waals surface area contributed by atoms with Gasteiger partial charge in [-0.2, -0.15) is 0 Å². The summed E-state index contributed by atoms with van der Waals surface area (Å²) in [5.41, 5.74) is 4.34. The first-order chi connectivity index (χ1) is 8.74. The Bertz CT molecular complexity index is 586. The molecule has 3 heteroatoms. The summed E-state index contributed by atoms with van der Waals surface area (Å²) in [7, 11) is 5.94. The van der Waals surface area contributed by atoms with Crippen LogP contribution in [0.1, 0.15) is 11.3 Å². The number of hydrogen-bond acceptors (Lipinski definition) is 2. The summed E-state index contributed by atoms with van der Waals surface area (Å²) < 4.78 is 7.69. The molecule has 0 spiro atoms. The number of methoxy groups -OCH3 is 1. The molecule has 18 heavy (non-hydrogen) atoms. The smallest absolute Gasteiger partial charge is 0.119 e. The van der Waals surface area contributed by atoms with Gasteiger partial charge in [-0.3, -0.25) is 0 Å². The third kappa shape index (κ3) is 1.62. The molecule has 0 radical (unpaired) electrons. The Hall–Kier alpha value is -1.48. The third-order valence-corrected chi connectivity index (χ3v) is 4.11. The van der Waals surface area contributed by atoms with Crippen LogP contribution in [0, 0.1) is 5.92 Å². The van der Waals surface area contributed by atoms with Gasteiger partial charge in [-0.1, -0.05) is 0 Å². The van der Waals surface area contributed by atoms with Gasteiger partial charge in [0.2, 0.25) is 0 Å². The maximum absolute atomic E-state index is 5.34. The first-order valence-electron chi connectivity index (χ1n) is 6.53. The molecular weight excluding hydrogens is 224 g/mol. The Labute approximate surface area is 108 Å². The van der Waals surface area contributed by atoms with Crippen molar-refractivity contribution < 1.29 is 4.74 Å². The number of rotatable bonds is 3. The third-order valence-electron chi connectivity index (χ3n) is 4.11. The fourth-order valence-corrected chi connectivity index (χ4v) is 3.23. The summed E-state index contributed by atoms with van der Waals surface area (Å²) >= 11 is 0. The predicted octanol–water partition coefficient (Wildman–Crippen LogP) is 2.12. The SMILES string of the molecule is CNCC1Cc2c(n(C)c3ccc(OC)cc23)C1. The second-order valence-electron chi connectivity index (χ2n) is 5.20. The van der Waals surface area contributed by atoms with E-state index in [2.05, 4.69) is 29.1 Å². The summed E-state index contributed by atoms with van der Waals surface area (Å²) in [6.45, 7) is 1.10. The van der Waals surface area contributed by atoms with Gasteiger partial charge in [0.1, 0.15) is 5.75 Å². The van der Waals surface area contributed by atoms with Crippen LogP contribution in [-0.4, -0.2) is 25.3 Å². The van der Waals surface area contributed by atoms with Crippen LogP contribution < -0.4 is 10.1 Å². The van der Waals surface area contributed by atoms with Crippen molar-refractivity contribution in [2.45, 2.75) is 12.8 Å². The summed E-state index contributed by atoms with van der Waals surface area (Å²) in [5, 5.41) is 4.66. The van der Waals surface area contributed by atoms with Gasteiger partial charge in [-0.05, 0) is 56.1 Å². The zero-order chi connectivity index (χ0) is 12.7. The van der Waals surface area contributed by atoms with Crippen LogP contribution in [0.5, 0.6) is 5.75 Å². The van der Waals surface area contributed by atoms with Crippen LogP contribution in [0.15, 0.2) is 18.2 Å². The molecule has 2 aromatic rings. The van der Waals surface area contributed by atoms with Crippen molar-refractivity contribution >= 4 is 10.9 Å². The highest BCUT2D eigenvalue weighted by Crippen LogP contribution is 2.36. The monoisotopic (exact) mass is 244 g/mol. The topological polar surface area (TPSA) is 26.2 Å². The van der Waals surface area contributed by atoms with E-state index < -0.39 is 0 Å². The van der Waals surface area contributed by atoms with Gasteiger partial charge < -0.3 is 14.6 Å². The Kier molecular flexibility index (Phi) is 2.78. The van der Waals surface area contributed by atoms with Gasteiger partial charge in [0.05, 0.1) is 7.11 Å². The molecular formula is C15H20N2O. The van der Waals surface area contributed by atoms with Crippen molar-refractivity contribution in [3.63, 3.8) is 0 Å². The quantitative estimate of drug-likeness (QED) is 0.895. The highest BCUT2D eigenvalue weighted by Gasteiger charge is 2.26. The largest absolute Gasteiger partial charge is 0.497 e. The van der Waals surface area contributed by atoms with E-state index in [1.54, 1.807) is 7.11 Å². The maximum atomic E-state index is 5.34. The second kappa shape index (κ2) is 4.32. The number of aryl methyl sites for hydroxylation is 1. The molecule has 0 amide bonds. The lowest BCUT2D eigenvalue weighted by atomic mass is 10.0. The van der Waals surface area contributed by atoms with Gasteiger partial charge in [-0.15, -0.1) is 0 Å². The van der Waals surface area contributed by atoms with E-state index >= 15 is 0 Å². The van der Waals surface area contributed by atoms with E-state index in [-0.39, 0.29) is 0 Å². The second-order valence-corrected chi connectivity index (χ2v) is 5.20. The zero-order valence-corrected chi connectivity index (χ0v) is 11.3. The van der Waals surface area contributed by atoms with E-state index in [1.807, 2.05) is 13.1 Å². The zero-order valence-electron chi connectivity index (χ0n) is 11.3. The minimum atomic E-state index is 0.738. The van der Waals surface area contributed by atoms with Crippen molar-refractivity contribution in [1.82, 2.24) is 9.88 Å². The lowest BCUT2D eigenvalue weighted by molar-refractivity contribution is 0.415. The number of hydrogen-bond donors (Lipinski definition) is 1. The van der Waals surface area contributed by atoms with Gasteiger partial charge in [-0.25, -0.2) is 0 Å². The van der Waals surface area contributed by atoms with Crippen LogP contribution in [0.2, 0.25) is 0 Å². The van der Waals surface area contributed by atoms with E-state index in [0.717, 1.165) is 18.2 Å². The molecule has 3 rings (SSSR count). The highest BCUT2D eigenvalue weighted by atomic mass is 16.5. The molecule has 1 aromatic heterocycles. The number of nitrogens with one attached hydrogen (secondary N) is 1. The molecule has 1 aliphatic rings. The Balaban J connectivity index is 2.09. The van der Waals surface area contributed by atoms with Gasteiger partial charge >= 0.3 is 0 Å². The Morgan fingerprint density at radius 2 is 2.22 bits per heavy atom. The summed E-state index contributed by atoms with van der Waals surface area (Å²) in [6, 6.07) is 6.39. The highest BCUT2D eigenvalue weighted by molar-refractivity contribution is 5.87. The number of aromatic nitrogens is 1. The molecule has 1 aliphatic carbocycles. The molecule has 1 heterocycles. The number of ether oxygens (including phenoxy) is 1. The van der Waals surface area contributed by atoms with Crippen molar-refractivity contribution in [3.05, 3.63) is 29.5 Å². The van der Waals surface area contributed by atoms with Crippen molar-refractivity contribution in [2.24, 2.45) is 13.0 Å². The van der Waals surface area contributed by atoms with E-state index in [4.69, 9.17) is 4.74 Å². The molecule has 1 unspecified atom stereocenters. The standard InChI is InChI=1S/C15H20N2O/c1-16-9-10-6-12-13-8-11(18-3)4-5-14(13)17(2)15(12)7-10/h4-5,8,10,16H,6-7,9H2,1-3H3. The first kappa shape index (κ1) is 11.6. The lowest BCUT2D eigenvalue weighted by Gasteiger charge is -2.09. The molecule has 0 saturated carbocycles. The number of benzene rings is 1. The maximum Gasteiger partial charge on any atom is 0.119 e. The summed E-state index contributed by atoms with van der Waals surface area (Å²) in [4.78, 5) is 0. The summed E-state index contributed by atoms with van der Waals surface area (Å²) in [5.74, 6) is 1.69. The molecule has 0 saturated heterocycles. The molecule has 96 valence electrons. The minimum Gasteiger partial charge on any atom is -0.497 e. The van der Waals surface area contributed by atoms with Gasteiger partial charge in [0, 0.05) is 23.6 Å². The average Bonchev–Trinajstić information content (AvgIpc) is 2.90. The molecule has 1 N–H and O–H groups in total.